The zero-order chi connectivity index (χ0) is 19.4. The largest absolute Gasteiger partial charge is 0.481 e. The number of carbonyl (C=O) groups excluding carboxylic acids is 1. The minimum Gasteiger partial charge on any atom is -0.481 e. The highest BCUT2D eigenvalue weighted by molar-refractivity contribution is 8.15. The van der Waals surface area contributed by atoms with Crippen molar-refractivity contribution in [3.05, 3.63) is 59.2 Å². The molecule has 0 bridgehead atoms. The van der Waals surface area contributed by atoms with Gasteiger partial charge in [-0.05, 0) is 36.1 Å². The Morgan fingerprint density at radius 1 is 1.22 bits per heavy atom. The lowest BCUT2D eigenvalue weighted by molar-refractivity contribution is -0.138. The van der Waals surface area contributed by atoms with Crippen molar-refractivity contribution >= 4 is 35.0 Å². The molecular formula is C20H19N3O3S. The van der Waals surface area contributed by atoms with Gasteiger partial charge in [0.05, 0.1) is 12.6 Å². The van der Waals surface area contributed by atoms with Crippen molar-refractivity contribution < 1.29 is 14.7 Å². The number of aliphatic carboxylic acids is 1. The Hall–Kier alpha value is -2.93. The second-order valence-corrected chi connectivity index (χ2v) is 7.42. The maximum absolute atomic E-state index is 11.7. The Bertz CT molecular complexity index is 953. The van der Waals surface area contributed by atoms with Gasteiger partial charge in [0.1, 0.15) is 5.25 Å². The van der Waals surface area contributed by atoms with Crippen LogP contribution in [0.3, 0.4) is 0 Å². The summed E-state index contributed by atoms with van der Waals surface area (Å²) in [5, 5.41) is 19.1. The molecule has 2 aromatic carbocycles. The first-order chi connectivity index (χ1) is 12.9. The lowest BCUT2D eigenvalue weighted by Gasteiger charge is -2.08. The first-order valence-corrected chi connectivity index (χ1v) is 9.29. The lowest BCUT2D eigenvalue weighted by atomic mass is 9.97. The molecule has 0 saturated carbocycles. The number of carboxylic acid groups (broad SMARTS) is 1. The summed E-state index contributed by atoms with van der Waals surface area (Å²) in [6, 6.07) is 14.2. The Kier molecular flexibility index (Phi) is 5.71. The summed E-state index contributed by atoms with van der Waals surface area (Å²) >= 11 is 1.08. The number of rotatable bonds is 5. The van der Waals surface area contributed by atoms with Crippen LogP contribution in [0.2, 0.25) is 0 Å². The van der Waals surface area contributed by atoms with E-state index < -0.39 is 11.2 Å². The van der Waals surface area contributed by atoms with Crippen LogP contribution in [-0.4, -0.2) is 33.6 Å². The van der Waals surface area contributed by atoms with Crippen LogP contribution in [0.25, 0.3) is 11.1 Å². The van der Waals surface area contributed by atoms with E-state index in [0.29, 0.717) is 5.17 Å². The number of amidine groups is 1. The fourth-order valence-electron chi connectivity index (χ4n) is 2.67. The summed E-state index contributed by atoms with van der Waals surface area (Å²) in [5.41, 5.74) is 5.49. The molecule has 27 heavy (non-hydrogen) atoms. The number of carbonyl (C=O) groups is 2. The molecule has 1 unspecified atom stereocenters. The Morgan fingerprint density at radius 2 is 2.00 bits per heavy atom. The van der Waals surface area contributed by atoms with Gasteiger partial charge in [-0.15, -0.1) is 5.10 Å². The van der Waals surface area contributed by atoms with E-state index in [1.54, 1.807) is 6.21 Å². The molecule has 1 aliphatic rings. The van der Waals surface area contributed by atoms with Crippen molar-refractivity contribution in [3.8, 4) is 11.1 Å². The average molecular weight is 381 g/mol. The predicted octanol–water partition coefficient (Wildman–Crippen LogP) is 3.37. The van der Waals surface area contributed by atoms with Crippen LogP contribution in [-0.2, 0) is 9.59 Å². The van der Waals surface area contributed by atoms with Crippen molar-refractivity contribution in [2.24, 2.45) is 10.2 Å². The number of aryl methyl sites for hydroxylation is 2. The zero-order valence-electron chi connectivity index (χ0n) is 15.0. The van der Waals surface area contributed by atoms with Crippen molar-refractivity contribution in [2.45, 2.75) is 25.5 Å². The molecule has 0 aromatic heterocycles. The lowest BCUT2D eigenvalue weighted by Crippen LogP contribution is -2.26. The van der Waals surface area contributed by atoms with E-state index in [2.05, 4.69) is 47.6 Å². The molecule has 1 heterocycles. The highest BCUT2D eigenvalue weighted by Crippen LogP contribution is 2.25. The van der Waals surface area contributed by atoms with Crippen molar-refractivity contribution in [2.75, 3.05) is 0 Å². The second kappa shape index (κ2) is 8.18. The zero-order valence-corrected chi connectivity index (χ0v) is 15.8. The van der Waals surface area contributed by atoms with E-state index in [4.69, 9.17) is 5.11 Å². The Morgan fingerprint density at radius 3 is 2.74 bits per heavy atom. The third-order valence-corrected chi connectivity index (χ3v) is 5.33. The molecular weight excluding hydrogens is 362 g/mol. The van der Waals surface area contributed by atoms with Gasteiger partial charge in [-0.2, -0.15) is 5.10 Å². The molecule has 0 radical (unpaired) electrons. The number of benzene rings is 2. The molecule has 7 heteroatoms. The first kappa shape index (κ1) is 18.8. The summed E-state index contributed by atoms with van der Waals surface area (Å²) < 4.78 is 0. The molecule has 138 valence electrons. The van der Waals surface area contributed by atoms with Gasteiger partial charge >= 0.3 is 5.97 Å². The summed E-state index contributed by atoms with van der Waals surface area (Å²) in [4.78, 5) is 22.5. The highest BCUT2D eigenvalue weighted by atomic mass is 32.2. The highest BCUT2D eigenvalue weighted by Gasteiger charge is 2.32. The van der Waals surface area contributed by atoms with E-state index >= 15 is 0 Å². The van der Waals surface area contributed by atoms with Gasteiger partial charge in [0, 0.05) is 5.56 Å². The van der Waals surface area contributed by atoms with Crippen LogP contribution in [0.4, 0.5) is 0 Å². The molecule has 1 aliphatic heterocycles. The van der Waals surface area contributed by atoms with Gasteiger partial charge < -0.3 is 10.4 Å². The van der Waals surface area contributed by atoms with Crippen LogP contribution in [0.5, 0.6) is 0 Å². The molecule has 6 nitrogen and oxygen atoms in total. The number of nitrogens with zero attached hydrogens (tertiary/aromatic N) is 2. The standard InChI is InChI=1S/C20H19N3O3S/c1-12-7-8-14(9-13(12)2)16-6-4-3-5-15(16)11-21-23-20-22-19(26)17(27-20)10-18(24)25/h3-9,11,17H,10H2,1-2H3,(H,24,25)(H,22,23,26). The summed E-state index contributed by atoms with van der Waals surface area (Å²) in [7, 11) is 0. The smallest absolute Gasteiger partial charge is 0.305 e. The molecule has 0 aliphatic carbocycles. The van der Waals surface area contributed by atoms with Gasteiger partial charge in [0.2, 0.25) is 5.91 Å². The van der Waals surface area contributed by atoms with Crippen molar-refractivity contribution in [1.82, 2.24) is 5.32 Å². The summed E-state index contributed by atoms with van der Waals surface area (Å²) in [6.45, 7) is 4.16. The fraction of sp³-hybridized carbons (Fsp3) is 0.200. The van der Waals surface area contributed by atoms with Gasteiger partial charge in [-0.3, -0.25) is 9.59 Å². The quantitative estimate of drug-likeness (QED) is 0.614. The molecule has 1 fully saturated rings. The van der Waals surface area contributed by atoms with Crippen LogP contribution < -0.4 is 5.32 Å². The number of thioether (sulfide) groups is 1. The molecule has 3 rings (SSSR count). The SMILES string of the molecule is Cc1ccc(-c2ccccc2C=NN=C2NC(=O)C(CC(=O)O)S2)cc1C. The van der Waals surface area contributed by atoms with Gasteiger partial charge in [0.15, 0.2) is 5.17 Å². The molecule has 1 saturated heterocycles. The average Bonchev–Trinajstić information content (AvgIpc) is 2.97. The van der Waals surface area contributed by atoms with Crippen LogP contribution in [0.1, 0.15) is 23.1 Å². The Labute approximate surface area is 161 Å². The maximum Gasteiger partial charge on any atom is 0.305 e. The third kappa shape index (κ3) is 4.62. The summed E-state index contributed by atoms with van der Waals surface area (Å²) in [5.74, 6) is -1.37. The van der Waals surface area contributed by atoms with E-state index in [1.807, 2.05) is 24.3 Å². The number of carboxylic acids is 1. The number of hydrogen-bond acceptors (Lipinski definition) is 5. The van der Waals surface area contributed by atoms with E-state index in [0.717, 1.165) is 28.5 Å². The monoisotopic (exact) mass is 381 g/mol. The summed E-state index contributed by atoms with van der Waals surface area (Å²) in [6.07, 6.45) is 1.39. The van der Waals surface area contributed by atoms with Crippen LogP contribution in [0.15, 0.2) is 52.7 Å². The second-order valence-electron chi connectivity index (χ2n) is 6.23. The molecule has 1 amide bonds. The maximum atomic E-state index is 11.7. The van der Waals surface area contributed by atoms with Crippen LogP contribution >= 0.6 is 11.8 Å². The van der Waals surface area contributed by atoms with Crippen LogP contribution in [0, 0.1) is 13.8 Å². The number of hydrogen-bond donors (Lipinski definition) is 2. The van der Waals surface area contributed by atoms with Crippen molar-refractivity contribution in [3.63, 3.8) is 0 Å². The van der Waals surface area contributed by atoms with Gasteiger partial charge in [-0.1, -0.05) is 54.2 Å². The van der Waals surface area contributed by atoms with E-state index in [-0.39, 0.29) is 12.3 Å². The topological polar surface area (TPSA) is 91.1 Å². The van der Waals surface area contributed by atoms with Gasteiger partial charge in [0.25, 0.3) is 0 Å². The number of amides is 1. The van der Waals surface area contributed by atoms with E-state index in [1.165, 1.54) is 11.1 Å². The first-order valence-electron chi connectivity index (χ1n) is 8.41. The number of nitrogens with one attached hydrogen (secondary N) is 1. The molecule has 1 atom stereocenters. The minimum absolute atomic E-state index is 0.241. The molecule has 0 spiro atoms. The fourth-order valence-corrected chi connectivity index (χ4v) is 3.59. The van der Waals surface area contributed by atoms with Gasteiger partial charge in [-0.25, -0.2) is 0 Å². The normalized spacial score (nSPS) is 18.2. The molecule has 2 N–H and O–H groups in total. The van der Waals surface area contributed by atoms with Crippen molar-refractivity contribution in [1.29, 1.82) is 0 Å². The Balaban J connectivity index is 1.79. The van der Waals surface area contributed by atoms with E-state index in [9.17, 15) is 9.59 Å². The minimum atomic E-state index is -1.02. The molecule has 2 aromatic rings. The predicted molar refractivity (Wildman–Crippen MR) is 108 cm³/mol. The third-order valence-electron chi connectivity index (χ3n) is 4.26.